The molecule has 0 spiro atoms. The Kier molecular flexibility index (Phi) is 6.19. The summed E-state index contributed by atoms with van der Waals surface area (Å²) >= 11 is 0. The van der Waals surface area contributed by atoms with Gasteiger partial charge >= 0.3 is 0 Å². The molecule has 0 aliphatic heterocycles. The minimum Gasteiger partial charge on any atom is -0.352 e. The van der Waals surface area contributed by atoms with Crippen molar-refractivity contribution in [3.63, 3.8) is 0 Å². The van der Waals surface area contributed by atoms with Gasteiger partial charge in [0.2, 0.25) is 5.91 Å². The molecule has 2 unspecified atom stereocenters. The van der Waals surface area contributed by atoms with Gasteiger partial charge in [-0.25, -0.2) is 4.68 Å². The molecule has 1 saturated carbocycles. The first-order chi connectivity index (χ1) is 10.7. The predicted molar refractivity (Wildman–Crippen MR) is 92.6 cm³/mol. The van der Waals surface area contributed by atoms with Crippen LogP contribution in [0.5, 0.6) is 0 Å². The largest absolute Gasteiger partial charge is 0.352 e. The van der Waals surface area contributed by atoms with Gasteiger partial charge in [-0.15, -0.1) is 12.4 Å². The topological polar surface area (TPSA) is 72.9 Å². The molecular formula is C17H23ClN4O. The third-order valence-corrected chi connectivity index (χ3v) is 4.21. The summed E-state index contributed by atoms with van der Waals surface area (Å²) in [5.41, 5.74) is 7.95. The Labute approximate surface area is 142 Å². The molecule has 3 N–H and O–H groups in total. The maximum absolute atomic E-state index is 12.2. The summed E-state index contributed by atoms with van der Waals surface area (Å²) in [6.45, 7) is 0.511. The third kappa shape index (κ3) is 4.56. The minimum absolute atomic E-state index is 0. The number of amides is 1. The van der Waals surface area contributed by atoms with Gasteiger partial charge in [-0.05, 0) is 31.4 Å². The summed E-state index contributed by atoms with van der Waals surface area (Å²) in [7, 11) is 0. The van der Waals surface area contributed by atoms with Crippen molar-refractivity contribution in [1.82, 2.24) is 15.1 Å². The highest BCUT2D eigenvalue weighted by atomic mass is 35.5. The summed E-state index contributed by atoms with van der Waals surface area (Å²) < 4.78 is 1.82. The Morgan fingerprint density at radius 1 is 1.30 bits per heavy atom. The van der Waals surface area contributed by atoms with E-state index in [0.29, 0.717) is 6.54 Å². The molecule has 0 radical (unpaired) electrons. The molecule has 6 heteroatoms. The zero-order valence-electron chi connectivity index (χ0n) is 13.0. The van der Waals surface area contributed by atoms with Crippen LogP contribution in [0.3, 0.4) is 0 Å². The zero-order valence-corrected chi connectivity index (χ0v) is 13.8. The number of benzene rings is 1. The predicted octanol–water partition coefficient (Wildman–Crippen LogP) is 2.43. The van der Waals surface area contributed by atoms with Crippen molar-refractivity contribution >= 4 is 18.3 Å². The van der Waals surface area contributed by atoms with Crippen LogP contribution >= 0.6 is 12.4 Å². The summed E-state index contributed by atoms with van der Waals surface area (Å²) in [4.78, 5) is 12.2. The smallest absolute Gasteiger partial charge is 0.223 e. The third-order valence-electron chi connectivity index (χ3n) is 4.21. The van der Waals surface area contributed by atoms with Crippen molar-refractivity contribution in [1.29, 1.82) is 0 Å². The van der Waals surface area contributed by atoms with Crippen molar-refractivity contribution in [2.75, 3.05) is 0 Å². The second-order valence-electron chi connectivity index (χ2n) is 5.97. The lowest BCUT2D eigenvalue weighted by Crippen LogP contribution is -2.37. The van der Waals surface area contributed by atoms with Crippen LogP contribution in [-0.4, -0.2) is 21.7 Å². The molecule has 1 aromatic heterocycles. The number of para-hydroxylation sites is 1. The molecule has 1 aromatic carbocycles. The molecule has 2 aromatic rings. The molecule has 23 heavy (non-hydrogen) atoms. The van der Waals surface area contributed by atoms with Crippen molar-refractivity contribution in [2.45, 2.75) is 38.3 Å². The lowest BCUT2D eigenvalue weighted by atomic mass is 9.85. The van der Waals surface area contributed by atoms with Crippen LogP contribution < -0.4 is 11.1 Å². The van der Waals surface area contributed by atoms with Gasteiger partial charge in [-0.3, -0.25) is 4.79 Å². The molecule has 3 rings (SSSR count). The highest BCUT2D eigenvalue weighted by Gasteiger charge is 2.25. The molecular weight excluding hydrogens is 312 g/mol. The molecule has 5 nitrogen and oxygen atoms in total. The van der Waals surface area contributed by atoms with Gasteiger partial charge in [0.1, 0.15) is 0 Å². The van der Waals surface area contributed by atoms with E-state index in [1.165, 1.54) is 0 Å². The molecule has 1 amide bonds. The van der Waals surface area contributed by atoms with Gasteiger partial charge in [0.25, 0.3) is 0 Å². The first kappa shape index (κ1) is 17.5. The van der Waals surface area contributed by atoms with Gasteiger partial charge in [-0.2, -0.15) is 5.10 Å². The standard InChI is InChI=1S/C17H22N4O.ClH/c18-15-6-4-5-14(9-15)17(22)19-10-13-11-20-21(12-13)16-7-2-1-3-8-16;/h1-3,7-8,11-12,14-15H,4-6,9-10,18H2,(H,19,22);1H. The fraction of sp³-hybridized carbons (Fsp3) is 0.412. The number of nitrogens with two attached hydrogens (primary N) is 1. The number of nitrogens with zero attached hydrogens (tertiary/aromatic N) is 2. The van der Waals surface area contributed by atoms with E-state index in [1.54, 1.807) is 6.20 Å². The monoisotopic (exact) mass is 334 g/mol. The highest BCUT2D eigenvalue weighted by Crippen LogP contribution is 2.23. The maximum atomic E-state index is 12.2. The number of hydrogen-bond donors (Lipinski definition) is 2. The van der Waals surface area contributed by atoms with Crippen molar-refractivity contribution < 1.29 is 4.79 Å². The number of halogens is 1. The van der Waals surface area contributed by atoms with E-state index in [9.17, 15) is 4.79 Å². The second kappa shape index (κ2) is 8.13. The molecule has 124 valence electrons. The first-order valence-electron chi connectivity index (χ1n) is 7.84. The van der Waals surface area contributed by atoms with E-state index >= 15 is 0 Å². The SMILES string of the molecule is Cl.NC1CCCC(C(=O)NCc2cnn(-c3ccccc3)c2)C1. The van der Waals surface area contributed by atoms with Gasteiger partial charge in [-0.1, -0.05) is 24.6 Å². The molecule has 1 fully saturated rings. The highest BCUT2D eigenvalue weighted by molar-refractivity contribution is 5.85. The lowest BCUT2D eigenvalue weighted by Gasteiger charge is -2.25. The van der Waals surface area contributed by atoms with Crippen LogP contribution in [-0.2, 0) is 11.3 Å². The van der Waals surface area contributed by atoms with E-state index in [-0.39, 0.29) is 30.3 Å². The number of aromatic nitrogens is 2. The van der Waals surface area contributed by atoms with Gasteiger partial charge in [0, 0.05) is 30.3 Å². The quantitative estimate of drug-likeness (QED) is 0.902. The van der Waals surface area contributed by atoms with E-state index in [0.717, 1.165) is 36.9 Å². The van der Waals surface area contributed by atoms with Crippen LogP contribution in [0.2, 0.25) is 0 Å². The Bertz CT molecular complexity index is 629. The normalized spacial score (nSPS) is 20.6. The number of hydrogen-bond acceptors (Lipinski definition) is 3. The summed E-state index contributed by atoms with van der Waals surface area (Å²) in [6.07, 6.45) is 7.57. The summed E-state index contributed by atoms with van der Waals surface area (Å²) in [6, 6.07) is 10.1. The number of rotatable bonds is 4. The van der Waals surface area contributed by atoms with E-state index in [4.69, 9.17) is 5.73 Å². The fourth-order valence-corrected chi connectivity index (χ4v) is 2.97. The van der Waals surface area contributed by atoms with Crippen molar-refractivity contribution in [3.05, 3.63) is 48.3 Å². The van der Waals surface area contributed by atoms with Crippen molar-refractivity contribution in [2.24, 2.45) is 11.7 Å². The van der Waals surface area contributed by atoms with Crippen LogP contribution in [0.1, 0.15) is 31.2 Å². The Hall–Kier alpha value is -1.85. The average molecular weight is 335 g/mol. The van der Waals surface area contributed by atoms with E-state index in [2.05, 4.69) is 10.4 Å². The van der Waals surface area contributed by atoms with Crippen LogP contribution in [0, 0.1) is 5.92 Å². The van der Waals surface area contributed by atoms with Crippen molar-refractivity contribution in [3.8, 4) is 5.69 Å². The van der Waals surface area contributed by atoms with Gasteiger partial charge in [0.15, 0.2) is 0 Å². The van der Waals surface area contributed by atoms with Crippen LogP contribution in [0.4, 0.5) is 0 Å². The first-order valence-corrected chi connectivity index (χ1v) is 7.84. The summed E-state index contributed by atoms with van der Waals surface area (Å²) in [5, 5.41) is 7.34. The number of carbonyl (C=O) groups is 1. The Morgan fingerprint density at radius 2 is 2.09 bits per heavy atom. The minimum atomic E-state index is 0. The van der Waals surface area contributed by atoms with Gasteiger partial charge < -0.3 is 11.1 Å². The molecule has 0 bridgehead atoms. The van der Waals surface area contributed by atoms with E-state index < -0.39 is 0 Å². The van der Waals surface area contributed by atoms with Gasteiger partial charge in [0.05, 0.1) is 11.9 Å². The second-order valence-corrected chi connectivity index (χ2v) is 5.97. The molecule has 1 aliphatic carbocycles. The van der Waals surface area contributed by atoms with Crippen LogP contribution in [0.25, 0.3) is 5.69 Å². The molecule has 0 saturated heterocycles. The molecule has 1 heterocycles. The zero-order chi connectivity index (χ0) is 15.4. The van der Waals surface area contributed by atoms with E-state index in [1.807, 2.05) is 41.2 Å². The lowest BCUT2D eigenvalue weighted by molar-refractivity contribution is -0.126. The Balaban J connectivity index is 0.00000192. The van der Waals surface area contributed by atoms with Crippen LogP contribution in [0.15, 0.2) is 42.7 Å². The number of carbonyl (C=O) groups excluding carboxylic acids is 1. The number of nitrogens with one attached hydrogen (secondary N) is 1. The maximum Gasteiger partial charge on any atom is 0.223 e. The Morgan fingerprint density at radius 3 is 2.83 bits per heavy atom. The average Bonchev–Trinajstić information content (AvgIpc) is 3.02. The summed E-state index contributed by atoms with van der Waals surface area (Å²) in [5.74, 6) is 0.176. The molecule has 1 aliphatic rings. The molecule has 2 atom stereocenters. The fourth-order valence-electron chi connectivity index (χ4n) is 2.97.